The minimum atomic E-state index is -0.800. The Morgan fingerprint density at radius 3 is 0.952 bits per heavy atom. The molecule has 0 amide bonds. The van der Waals surface area contributed by atoms with Crippen LogP contribution >= 0.6 is 0 Å². The molecule has 0 aromatic heterocycles. The molecule has 6 nitrogen and oxygen atoms in total. The molecule has 0 aromatic carbocycles. The van der Waals surface area contributed by atoms with Crippen LogP contribution in [0.2, 0.25) is 0 Å². The van der Waals surface area contributed by atoms with Crippen LogP contribution in [0.1, 0.15) is 290 Å². The van der Waals surface area contributed by atoms with Crippen molar-refractivity contribution in [2.24, 2.45) is 0 Å². The van der Waals surface area contributed by atoms with Gasteiger partial charge in [0.1, 0.15) is 13.2 Å². The van der Waals surface area contributed by atoms with Gasteiger partial charge in [-0.3, -0.25) is 14.4 Å². The molecular formula is C57H104O6. The molecule has 0 rings (SSSR count). The lowest BCUT2D eigenvalue weighted by molar-refractivity contribution is -0.166. The van der Waals surface area contributed by atoms with E-state index in [-0.39, 0.29) is 37.5 Å². The van der Waals surface area contributed by atoms with E-state index in [1.165, 1.54) is 193 Å². The Labute approximate surface area is 391 Å². The molecule has 0 fully saturated rings. The predicted molar refractivity (Wildman–Crippen MR) is 270 cm³/mol. The fraction of sp³-hybridized carbons (Fsp3) is 0.842. The molecule has 63 heavy (non-hydrogen) atoms. The summed E-state index contributed by atoms with van der Waals surface area (Å²) in [5.41, 5.74) is 0. The lowest BCUT2D eigenvalue weighted by Crippen LogP contribution is -2.30. The van der Waals surface area contributed by atoms with Gasteiger partial charge in [-0.05, 0) is 64.2 Å². The second-order valence-corrected chi connectivity index (χ2v) is 18.5. The largest absolute Gasteiger partial charge is 0.462 e. The number of unbranched alkanes of at least 4 members (excludes halogenated alkanes) is 33. The molecule has 0 saturated carbocycles. The maximum absolute atomic E-state index is 12.8. The van der Waals surface area contributed by atoms with E-state index in [4.69, 9.17) is 14.2 Å². The Morgan fingerprint density at radius 2 is 0.603 bits per heavy atom. The van der Waals surface area contributed by atoms with Gasteiger partial charge in [0.25, 0.3) is 0 Å². The molecule has 0 heterocycles. The van der Waals surface area contributed by atoms with Gasteiger partial charge >= 0.3 is 17.9 Å². The van der Waals surface area contributed by atoms with E-state index in [0.717, 1.165) is 51.4 Å². The molecule has 0 N–H and O–H groups in total. The van der Waals surface area contributed by atoms with Crippen molar-refractivity contribution >= 4 is 17.9 Å². The molecule has 368 valence electrons. The molecule has 0 saturated heterocycles. The summed E-state index contributed by atoms with van der Waals surface area (Å²) in [7, 11) is 0. The smallest absolute Gasteiger partial charge is 0.306 e. The molecular weight excluding hydrogens is 781 g/mol. The fourth-order valence-electron chi connectivity index (χ4n) is 7.96. The van der Waals surface area contributed by atoms with Gasteiger partial charge in [0.05, 0.1) is 0 Å². The minimum absolute atomic E-state index is 0.0927. The summed E-state index contributed by atoms with van der Waals surface area (Å²) >= 11 is 0. The lowest BCUT2D eigenvalue weighted by Gasteiger charge is -2.18. The fourth-order valence-corrected chi connectivity index (χ4v) is 7.96. The summed E-state index contributed by atoms with van der Waals surface area (Å²) in [6.45, 7) is 6.60. The van der Waals surface area contributed by atoms with Gasteiger partial charge in [-0.1, -0.05) is 243 Å². The van der Waals surface area contributed by atoms with Crippen molar-refractivity contribution in [3.8, 4) is 0 Å². The number of hydrogen-bond acceptors (Lipinski definition) is 6. The summed E-state index contributed by atoms with van der Waals surface area (Å²) in [5, 5.41) is 0. The first-order valence-corrected chi connectivity index (χ1v) is 27.5. The van der Waals surface area contributed by atoms with E-state index in [1.54, 1.807) is 0 Å². The molecule has 0 aliphatic carbocycles. The molecule has 0 spiro atoms. The Hall–Kier alpha value is -2.37. The number of carbonyl (C=O) groups is 3. The molecule has 0 aliphatic heterocycles. The summed E-state index contributed by atoms with van der Waals surface area (Å²) in [4.78, 5) is 38.0. The zero-order chi connectivity index (χ0) is 45.8. The van der Waals surface area contributed by atoms with Gasteiger partial charge in [-0.2, -0.15) is 0 Å². The first-order chi connectivity index (χ1) is 31.0. The number of rotatable bonds is 50. The number of hydrogen-bond donors (Lipinski definition) is 0. The minimum Gasteiger partial charge on any atom is -0.462 e. The number of esters is 3. The molecule has 0 bridgehead atoms. The van der Waals surface area contributed by atoms with E-state index < -0.39 is 6.10 Å². The van der Waals surface area contributed by atoms with Crippen LogP contribution in [0.4, 0.5) is 0 Å². The Bertz CT molecular complexity index is 1060. The van der Waals surface area contributed by atoms with E-state index in [2.05, 4.69) is 51.2 Å². The average molecular weight is 885 g/mol. The van der Waals surface area contributed by atoms with Gasteiger partial charge in [0.2, 0.25) is 0 Å². The highest BCUT2D eigenvalue weighted by atomic mass is 16.6. The molecule has 0 aromatic rings. The Balaban J connectivity index is 4.36. The zero-order valence-electron chi connectivity index (χ0n) is 42.1. The third-order valence-electron chi connectivity index (χ3n) is 12.1. The molecule has 1 unspecified atom stereocenters. The maximum Gasteiger partial charge on any atom is 0.306 e. The monoisotopic (exact) mass is 885 g/mol. The van der Waals surface area contributed by atoms with E-state index >= 15 is 0 Å². The summed E-state index contributed by atoms with van der Waals surface area (Å²) < 4.78 is 16.8. The summed E-state index contributed by atoms with van der Waals surface area (Å²) in [6.07, 6.45) is 61.5. The van der Waals surface area contributed by atoms with Crippen molar-refractivity contribution in [2.75, 3.05) is 13.2 Å². The zero-order valence-corrected chi connectivity index (χ0v) is 42.1. The lowest BCUT2D eigenvalue weighted by atomic mass is 10.0. The predicted octanol–water partition coefficient (Wildman–Crippen LogP) is 18.1. The van der Waals surface area contributed by atoms with Crippen molar-refractivity contribution < 1.29 is 28.6 Å². The van der Waals surface area contributed by atoms with Crippen molar-refractivity contribution in [2.45, 2.75) is 297 Å². The molecule has 6 heteroatoms. The van der Waals surface area contributed by atoms with E-state index in [1.807, 2.05) is 6.08 Å². The SMILES string of the molecule is CCCCCCCC/C=C\C/C=C\CCC(=O)OC(COC(=O)CCCCCCCCC/C=C\CCCCCCCCCC)COC(=O)CCCCCCCCCCCCCCC. The summed E-state index contributed by atoms with van der Waals surface area (Å²) in [5.74, 6) is -0.953. The van der Waals surface area contributed by atoms with Crippen LogP contribution in [0.5, 0.6) is 0 Å². The van der Waals surface area contributed by atoms with Crippen molar-refractivity contribution in [1.29, 1.82) is 0 Å². The summed E-state index contributed by atoms with van der Waals surface area (Å²) in [6, 6.07) is 0. The van der Waals surface area contributed by atoms with Gasteiger partial charge in [0.15, 0.2) is 6.10 Å². The van der Waals surface area contributed by atoms with Gasteiger partial charge < -0.3 is 14.2 Å². The van der Waals surface area contributed by atoms with Crippen molar-refractivity contribution in [3.63, 3.8) is 0 Å². The highest BCUT2D eigenvalue weighted by molar-refractivity contribution is 5.71. The van der Waals surface area contributed by atoms with Crippen LogP contribution < -0.4 is 0 Å². The van der Waals surface area contributed by atoms with Crippen LogP contribution in [0.15, 0.2) is 36.5 Å². The van der Waals surface area contributed by atoms with Crippen molar-refractivity contribution in [3.05, 3.63) is 36.5 Å². The second-order valence-electron chi connectivity index (χ2n) is 18.5. The Kier molecular flexibility index (Phi) is 50.3. The third kappa shape index (κ3) is 50.5. The second kappa shape index (κ2) is 52.3. The van der Waals surface area contributed by atoms with Gasteiger partial charge in [-0.25, -0.2) is 0 Å². The first kappa shape index (κ1) is 60.6. The third-order valence-corrected chi connectivity index (χ3v) is 12.1. The molecule has 0 radical (unpaired) electrons. The van der Waals surface area contributed by atoms with Crippen LogP contribution in [0, 0.1) is 0 Å². The molecule has 1 atom stereocenters. The van der Waals surface area contributed by atoms with E-state index in [0.29, 0.717) is 19.3 Å². The first-order valence-electron chi connectivity index (χ1n) is 27.5. The van der Waals surface area contributed by atoms with Crippen LogP contribution in [-0.2, 0) is 28.6 Å². The standard InChI is InChI=1S/C57H104O6/c1-4-7-10-13-16-19-22-25-26-27-28-29-30-33-35-38-41-44-47-50-56(59)62-53-54(63-57(60)51-48-45-42-39-36-32-24-21-18-15-12-9-6-3)52-61-55(58)49-46-43-40-37-34-31-23-20-17-14-11-8-5-2/h27-28,32,36,42,45,54H,4-26,29-31,33-35,37-41,43-44,46-53H2,1-3H3/b28-27-,36-32-,45-42-. The average Bonchev–Trinajstić information content (AvgIpc) is 3.28. The topological polar surface area (TPSA) is 78.9 Å². The normalized spacial score (nSPS) is 12.2. The van der Waals surface area contributed by atoms with Crippen LogP contribution in [0.3, 0.4) is 0 Å². The van der Waals surface area contributed by atoms with E-state index in [9.17, 15) is 14.4 Å². The van der Waals surface area contributed by atoms with Crippen LogP contribution in [-0.4, -0.2) is 37.2 Å². The highest BCUT2D eigenvalue weighted by Crippen LogP contribution is 2.15. The quantitative estimate of drug-likeness (QED) is 0.0262. The van der Waals surface area contributed by atoms with Crippen molar-refractivity contribution in [1.82, 2.24) is 0 Å². The van der Waals surface area contributed by atoms with Crippen LogP contribution in [0.25, 0.3) is 0 Å². The van der Waals surface area contributed by atoms with Gasteiger partial charge in [-0.15, -0.1) is 0 Å². The number of ether oxygens (including phenoxy) is 3. The number of carbonyl (C=O) groups excluding carboxylic acids is 3. The number of allylic oxidation sites excluding steroid dienone is 6. The van der Waals surface area contributed by atoms with Gasteiger partial charge in [0, 0.05) is 19.3 Å². The highest BCUT2D eigenvalue weighted by Gasteiger charge is 2.19. The maximum atomic E-state index is 12.8. The molecule has 0 aliphatic rings. The Morgan fingerprint density at radius 1 is 0.317 bits per heavy atom.